The standard InChI is InChI=1S/C27H35N3O2/c1-26(2)22-15-16-27(26,3)19-30(18-22)24(31)21-13-11-20(12-14-21)17-28(4)25(32)29(5)23-9-7-6-8-10-23/h6-14,22H,15-19H2,1-5H3. The summed E-state index contributed by atoms with van der Waals surface area (Å²) in [6.45, 7) is 9.26. The van der Waals surface area contributed by atoms with Crippen molar-refractivity contribution in [1.82, 2.24) is 9.80 Å². The van der Waals surface area contributed by atoms with Gasteiger partial charge in [0.25, 0.3) is 5.91 Å². The largest absolute Gasteiger partial charge is 0.338 e. The quantitative estimate of drug-likeness (QED) is 0.659. The number of amides is 3. The van der Waals surface area contributed by atoms with Gasteiger partial charge in [-0.1, -0.05) is 51.1 Å². The average Bonchev–Trinajstić information content (AvgIpc) is 2.92. The SMILES string of the molecule is CN(Cc1ccc(C(=O)N2CC3CCC(C)(C2)C3(C)C)cc1)C(=O)N(C)c1ccccc1. The summed E-state index contributed by atoms with van der Waals surface area (Å²) in [7, 11) is 3.58. The fourth-order valence-corrected chi connectivity index (χ4v) is 5.47. The molecule has 5 nitrogen and oxygen atoms in total. The zero-order valence-electron chi connectivity index (χ0n) is 20.0. The summed E-state index contributed by atoms with van der Waals surface area (Å²) >= 11 is 0. The predicted molar refractivity (Wildman–Crippen MR) is 129 cm³/mol. The first-order valence-corrected chi connectivity index (χ1v) is 11.5. The van der Waals surface area contributed by atoms with Crippen molar-refractivity contribution < 1.29 is 9.59 Å². The Morgan fingerprint density at radius 3 is 2.28 bits per heavy atom. The van der Waals surface area contributed by atoms with E-state index in [0.29, 0.717) is 12.5 Å². The first-order valence-electron chi connectivity index (χ1n) is 11.5. The van der Waals surface area contributed by atoms with Crippen molar-refractivity contribution in [2.24, 2.45) is 16.7 Å². The lowest BCUT2D eigenvalue weighted by Gasteiger charge is -2.50. The van der Waals surface area contributed by atoms with Crippen molar-refractivity contribution >= 4 is 17.6 Å². The number of hydrogen-bond acceptors (Lipinski definition) is 2. The first-order chi connectivity index (χ1) is 15.1. The molecule has 2 aliphatic rings. The Bertz CT molecular complexity index is 986. The number of para-hydroxylation sites is 1. The van der Waals surface area contributed by atoms with Crippen LogP contribution in [0, 0.1) is 16.7 Å². The van der Waals surface area contributed by atoms with Crippen molar-refractivity contribution in [2.45, 2.75) is 40.2 Å². The molecule has 1 aliphatic carbocycles. The summed E-state index contributed by atoms with van der Waals surface area (Å²) in [4.78, 5) is 31.4. The molecule has 2 bridgehead atoms. The molecule has 170 valence electrons. The zero-order chi connectivity index (χ0) is 23.1. The molecule has 0 spiro atoms. The van der Waals surface area contributed by atoms with Crippen LogP contribution in [0.5, 0.6) is 0 Å². The molecule has 5 heteroatoms. The molecular formula is C27H35N3O2. The maximum atomic E-state index is 13.2. The lowest BCUT2D eigenvalue weighted by atomic mass is 9.63. The van der Waals surface area contributed by atoms with Gasteiger partial charge in [0, 0.05) is 45.0 Å². The van der Waals surface area contributed by atoms with Gasteiger partial charge in [0.1, 0.15) is 0 Å². The molecule has 0 N–H and O–H groups in total. The zero-order valence-corrected chi connectivity index (χ0v) is 20.0. The molecule has 1 saturated heterocycles. The van der Waals surface area contributed by atoms with Crippen LogP contribution in [0.15, 0.2) is 54.6 Å². The first kappa shape index (κ1) is 22.4. The van der Waals surface area contributed by atoms with Crippen molar-refractivity contribution in [3.63, 3.8) is 0 Å². The fourth-order valence-electron chi connectivity index (χ4n) is 5.47. The van der Waals surface area contributed by atoms with Crippen LogP contribution >= 0.6 is 0 Å². The van der Waals surface area contributed by atoms with E-state index in [2.05, 4.69) is 25.7 Å². The lowest BCUT2D eigenvalue weighted by Crippen LogP contribution is -2.53. The van der Waals surface area contributed by atoms with Gasteiger partial charge in [-0.3, -0.25) is 9.69 Å². The summed E-state index contributed by atoms with van der Waals surface area (Å²) in [5.41, 5.74) is 3.08. The number of rotatable bonds is 4. The molecule has 1 saturated carbocycles. The van der Waals surface area contributed by atoms with Gasteiger partial charge in [-0.05, 0) is 59.4 Å². The summed E-state index contributed by atoms with van der Waals surface area (Å²) in [6, 6.07) is 17.3. The van der Waals surface area contributed by atoms with Crippen LogP contribution in [0.4, 0.5) is 10.5 Å². The summed E-state index contributed by atoms with van der Waals surface area (Å²) < 4.78 is 0. The normalized spacial score (nSPS) is 23.7. The van der Waals surface area contributed by atoms with Crippen LogP contribution in [0.3, 0.4) is 0 Å². The maximum Gasteiger partial charge on any atom is 0.324 e. The Morgan fingerprint density at radius 2 is 1.66 bits per heavy atom. The van der Waals surface area contributed by atoms with Gasteiger partial charge < -0.3 is 9.80 Å². The third-order valence-electron chi connectivity index (χ3n) is 8.27. The smallest absolute Gasteiger partial charge is 0.324 e. The molecule has 1 aliphatic heterocycles. The molecule has 32 heavy (non-hydrogen) atoms. The van der Waals surface area contributed by atoms with E-state index in [1.807, 2.05) is 54.6 Å². The second-order valence-corrected chi connectivity index (χ2v) is 10.4. The molecule has 4 rings (SSSR count). The number of carbonyl (C=O) groups excluding carboxylic acids is 2. The minimum absolute atomic E-state index is 0.0731. The fraction of sp³-hybridized carbons (Fsp3) is 0.481. The Labute approximate surface area is 192 Å². The van der Waals surface area contributed by atoms with Crippen LogP contribution < -0.4 is 4.90 Å². The number of piperidine rings is 1. The van der Waals surface area contributed by atoms with Crippen LogP contribution in [0.2, 0.25) is 0 Å². The second-order valence-electron chi connectivity index (χ2n) is 10.4. The Kier molecular flexibility index (Phi) is 5.78. The van der Waals surface area contributed by atoms with E-state index >= 15 is 0 Å². The molecule has 2 fully saturated rings. The topological polar surface area (TPSA) is 43.9 Å². The van der Waals surface area contributed by atoms with Crippen molar-refractivity contribution in [1.29, 1.82) is 0 Å². The summed E-state index contributed by atoms with van der Waals surface area (Å²) in [5, 5.41) is 0. The monoisotopic (exact) mass is 433 g/mol. The highest BCUT2D eigenvalue weighted by Gasteiger charge is 2.56. The van der Waals surface area contributed by atoms with Crippen LogP contribution in [0.1, 0.15) is 49.5 Å². The van der Waals surface area contributed by atoms with E-state index in [-0.39, 0.29) is 22.8 Å². The number of carbonyl (C=O) groups is 2. The van der Waals surface area contributed by atoms with Gasteiger partial charge in [-0.25, -0.2) is 4.79 Å². The van der Waals surface area contributed by atoms with Crippen molar-refractivity contribution in [2.75, 3.05) is 32.1 Å². The number of fused-ring (bicyclic) bond motifs is 2. The van der Waals surface area contributed by atoms with Gasteiger partial charge in [0.15, 0.2) is 0 Å². The Balaban J connectivity index is 1.39. The van der Waals surface area contributed by atoms with E-state index in [9.17, 15) is 9.59 Å². The molecule has 2 atom stereocenters. The molecule has 3 amide bonds. The number of hydrogen-bond donors (Lipinski definition) is 0. The van der Waals surface area contributed by atoms with Crippen molar-refractivity contribution in [3.8, 4) is 0 Å². The van der Waals surface area contributed by atoms with E-state index < -0.39 is 0 Å². The van der Waals surface area contributed by atoms with E-state index in [4.69, 9.17) is 0 Å². The van der Waals surface area contributed by atoms with Crippen molar-refractivity contribution in [3.05, 3.63) is 65.7 Å². The third-order valence-corrected chi connectivity index (χ3v) is 8.27. The van der Waals surface area contributed by atoms with Gasteiger partial charge in [0.05, 0.1) is 0 Å². The minimum atomic E-state index is -0.0731. The molecule has 2 aromatic carbocycles. The Morgan fingerprint density at radius 1 is 1.00 bits per heavy atom. The average molecular weight is 434 g/mol. The molecular weight excluding hydrogens is 398 g/mol. The van der Waals surface area contributed by atoms with Gasteiger partial charge in [0.2, 0.25) is 0 Å². The number of urea groups is 1. The number of benzene rings is 2. The maximum absolute atomic E-state index is 13.2. The summed E-state index contributed by atoms with van der Waals surface area (Å²) in [5.74, 6) is 0.698. The number of likely N-dealkylation sites (tertiary alicyclic amines) is 1. The molecule has 1 heterocycles. The Hall–Kier alpha value is -2.82. The van der Waals surface area contributed by atoms with Crippen LogP contribution in [-0.2, 0) is 6.54 Å². The molecule has 2 aromatic rings. The van der Waals surface area contributed by atoms with Crippen LogP contribution in [0.25, 0.3) is 0 Å². The summed E-state index contributed by atoms with van der Waals surface area (Å²) in [6.07, 6.45) is 2.41. The van der Waals surface area contributed by atoms with Gasteiger partial charge >= 0.3 is 6.03 Å². The highest BCUT2D eigenvalue weighted by Crippen LogP contribution is 2.59. The lowest BCUT2D eigenvalue weighted by molar-refractivity contribution is -0.0107. The predicted octanol–water partition coefficient (Wildman–Crippen LogP) is 5.27. The number of anilines is 1. The van der Waals surface area contributed by atoms with E-state index in [1.54, 1.807) is 23.9 Å². The highest BCUT2D eigenvalue weighted by molar-refractivity contribution is 5.94. The van der Waals surface area contributed by atoms with E-state index in [1.165, 1.54) is 12.8 Å². The highest BCUT2D eigenvalue weighted by atomic mass is 16.2. The molecule has 0 radical (unpaired) electrons. The van der Waals surface area contributed by atoms with Gasteiger partial charge in [-0.15, -0.1) is 0 Å². The van der Waals surface area contributed by atoms with E-state index in [0.717, 1.165) is 29.9 Å². The second kappa shape index (κ2) is 8.27. The number of nitrogens with zero attached hydrogens (tertiary/aromatic N) is 3. The third kappa shape index (κ3) is 3.89. The van der Waals surface area contributed by atoms with Gasteiger partial charge in [-0.2, -0.15) is 0 Å². The van der Waals surface area contributed by atoms with Crippen LogP contribution in [-0.4, -0.2) is 48.9 Å². The minimum Gasteiger partial charge on any atom is -0.338 e. The molecule has 0 aromatic heterocycles. The molecule has 2 unspecified atom stereocenters.